The number of aromatic nitrogens is 2. The van der Waals surface area contributed by atoms with E-state index in [1.165, 1.54) is 5.56 Å². The first-order chi connectivity index (χ1) is 13.8. The maximum atomic E-state index is 12.5. The van der Waals surface area contributed by atoms with Crippen molar-refractivity contribution < 1.29 is 9.53 Å². The average Bonchev–Trinajstić information content (AvgIpc) is 3.18. The second-order valence-electron chi connectivity index (χ2n) is 8.15. The fourth-order valence-electron chi connectivity index (χ4n) is 2.98. The highest BCUT2D eigenvalue weighted by Crippen LogP contribution is 2.24. The zero-order valence-corrected chi connectivity index (χ0v) is 17.6. The van der Waals surface area contributed by atoms with Crippen LogP contribution in [0.15, 0.2) is 60.9 Å². The molecule has 0 fully saturated rings. The number of nitrogens with zero attached hydrogens (tertiary/aromatic N) is 2. The number of carbonyl (C=O) groups excluding carboxylic acids is 1. The number of amides is 1. The molecule has 1 heterocycles. The van der Waals surface area contributed by atoms with Crippen LogP contribution in [-0.4, -0.2) is 15.7 Å². The molecule has 5 nitrogen and oxygen atoms in total. The van der Waals surface area contributed by atoms with E-state index in [-0.39, 0.29) is 11.3 Å². The Labute approximate surface area is 172 Å². The van der Waals surface area contributed by atoms with E-state index in [4.69, 9.17) is 4.74 Å². The van der Waals surface area contributed by atoms with Crippen molar-refractivity contribution in [3.05, 3.63) is 83.2 Å². The van der Waals surface area contributed by atoms with Crippen LogP contribution in [0.4, 0.5) is 0 Å². The molecule has 5 heteroatoms. The van der Waals surface area contributed by atoms with Gasteiger partial charge in [0.15, 0.2) is 0 Å². The number of hydrogen-bond acceptors (Lipinski definition) is 3. The van der Waals surface area contributed by atoms with Crippen molar-refractivity contribution >= 4 is 5.91 Å². The molecule has 0 saturated heterocycles. The quantitative estimate of drug-likeness (QED) is 0.635. The van der Waals surface area contributed by atoms with Crippen molar-refractivity contribution in [3.63, 3.8) is 0 Å². The van der Waals surface area contributed by atoms with Crippen LogP contribution in [0.5, 0.6) is 5.75 Å². The van der Waals surface area contributed by atoms with Crippen LogP contribution < -0.4 is 10.1 Å². The molecule has 0 bridgehead atoms. The summed E-state index contributed by atoms with van der Waals surface area (Å²) in [7, 11) is 0. The van der Waals surface area contributed by atoms with E-state index in [1.807, 2.05) is 54.2 Å². The fourth-order valence-corrected chi connectivity index (χ4v) is 2.98. The minimum atomic E-state index is -0.106. The minimum absolute atomic E-state index is 0.106. The summed E-state index contributed by atoms with van der Waals surface area (Å²) in [4.78, 5) is 12.5. The number of rotatable bonds is 7. The molecule has 0 aliphatic rings. The predicted octanol–water partition coefficient (Wildman–Crippen LogP) is 4.71. The smallest absolute Gasteiger partial charge is 0.251 e. The number of benzene rings is 2. The minimum Gasteiger partial charge on any atom is -0.489 e. The Morgan fingerprint density at radius 3 is 2.52 bits per heavy atom. The van der Waals surface area contributed by atoms with E-state index in [0.717, 1.165) is 23.4 Å². The van der Waals surface area contributed by atoms with Gasteiger partial charge in [0.25, 0.3) is 5.91 Å². The summed E-state index contributed by atoms with van der Waals surface area (Å²) >= 11 is 0. The number of carbonyl (C=O) groups is 1. The van der Waals surface area contributed by atoms with E-state index in [0.29, 0.717) is 18.7 Å². The lowest BCUT2D eigenvalue weighted by Gasteiger charge is -2.19. The van der Waals surface area contributed by atoms with Crippen molar-refractivity contribution in [2.45, 2.75) is 52.8 Å². The van der Waals surface area contributed by atoms with E-state index >= 15 is 0 Å². The molecule has 2 aromatic carbocycles. The van der Waals surface area contributed by atoms with E-state index in [1.54, 1.807) is 6.20 Å². The summed E-state index contributed by atoms with van der Waals surface area (Å²) in [5, 5.41) is 7.16. The van der Waals surface area contributed by atoms with E-state index in [2.05, 4.69) is 43.3 Å². The maximum Gasteiger partial charge on any atom is 0.251 e. The Morgan fingerprint density at radius 1 is 1.10 bits per heavy atom. The van der Waals surface area contributed by atoms with Gasteiger partial charge in [-0.05, 0) is 47.7 Å². The molecule has 0 radical (unpaired) electrons. The third kappa shape index (κ3) is 5.70. The van der Waals surface area contributed by atoms with Crippen LogP contribution >= 0.6 is 0 Å². The van der Waals surface area contributed by atoms with Crippen LogP contribution in [0.25, 0.3) is 0 Å². The zero-order chi connectivity index (χ0) is 20.9. The second-order valence-corrected chi connectivity index (χ2v) is 8.15. The summed E-state index contributed by atoms with van der Waals surface area (Å²) < 4.78 is 7.74. The molecule has 0 unspecified atom stereocenters. The third-order valence-electron chi connectivity index (χ3n) is 4.78. The summed E-state index contributed by atoms with van der Waals surface area (Å²) in [6.45, 7) is 10.3. The lowest BCUT2D eigenvalue weighted by Crippen LogP contribution is -2.22. The van der Waals surface area contributed by atoms with Gasteiger partial charge in [0.1, 0.15) is 12.4 Å². The number of ether oxygens (including phenoxy) is 1. The molecular formula is C24H29N3O2. The fraction of sp³-hybridized carbons (Fsp3) is 0.333. The topological polar surface area (TPSA) is 56.2 Å². The number of aryl methyl sites for hydroxylation is 1. The molecule has 3 rings (SSSR count). The number of hydrogen-bond donors (Lipinski definition) is 1. The molecule has 1 amide bonds. The van der Waals surface area contributed by atoms with Gasteiger partial charge in [0.05, 0.1) is 6.20 Å². The molecule has 0 aliphatic heterocycles. The zero-order valence-electron chi connectivity index (χ0n) is 17.6. The summed E-state index contributed by atoms with van der Waals surface area (Å²) in [5.41, 5.74) is 3.95. The molecule has 152 valence electrons. The van der Waals surface area contributed by atoms with Crippen molar-refractivity contribution in [2.75, 3.05) is 0 Å². The average molecular weight is 392 g/mol. The normalized spacial score (nSPS) is 11.3. The Hall–Kier alpha value is -3.08. The lowest BCUT2D eigenvalue weighted by molar-refractivity contribution is 0.0950. The Morgan fingerprint density at radius 2 is 1.86 bits per heavy atom. The first kappa shape index (κ1) is 20.6. The number of nitrogens with one attached hydrogen (secondary N) is 1. The highest BCUT2D eigenvalue weighted by Gasteiger charge is 2.13. The van der Waals surface area contributed by atoms with Gasteiger partial charge in [-0.15, -0.1) is 0 Å². The van der Waals surface area contributed by atoms with Crippen molar-refractivity contribution in [3.8, 4) is 5.75 Å². The maximum absolute atomic E-state index is 12.5. The van der Waals surface area contributed by atoms with Crippen molar-refractivity contribution in [1.82, 2.24) is 15.1 Å². The van der Waals surface area contributed by atoms with Crippen LogP contribution in [-0.2, 0) is 25.1 Å². The first-order valence-electron chi connectivity index (χ1n) is 9.97. The van der Waals surface area contributed by atoms with Gasteiger partial charge in [-0.25, -0.2) is 0 Å². The summed E-state index contributed by atoms with van der Waals surface area (Å²) in [6, 6.07) is 15.7. The molecule has 0 spiro atoms. The lowest BCUT2D eigenvalue weighted by atomic mass is 9.87. The molecular weight excluding hydrogens is 362 g/mol. The highest BCUT2D eigenvalue weighted by molar-refractivity contribution is 5.94. The van der Waals surface area contributed by atoms with Crippen LogP contribution in [0.1, 0.15) is 54.7 Å². The summed E-state index contributed by atoms with van der Waals surface area (Å²) in [5.74, 6) is 0.714. The standard InChI is InChI=1S/C24H29N3O2/c1-5-27-16-19(15-26-27)14-25-23(28)20-8-6-7-18(13-20)17-29-22-11-9-21(10-12-22)24(2,3)4/h6-13,15-16H,5,14,17H2,1-4H3,(H,25,28). The van der Waals surface area contributed by atoms with Gasteiger partial charge < -0.3 is 10.1 Å². The predicted molar refractivity (Wildman–Crippen MR) is 115 cm³/mol. The highest BCUT2D eigenvalue weighted by atomic mass is 16.5. The third-order valence-corrected chi connectivity index (χ3v) is 4.78. The Balaban J connectivity index is 1.56. The molecule has 0 saturated carbocycles. The van der Waals surface area contributed by atoms with Gasteiger partial charge >= 0.3 is 0 Å². The first-order valence-corrected chi connectivity index (χ1v) is 9.97. The van der Waals surface area contributed by atoms with Crippen LogP contribution in [0.2, 0.25) is 0 Å². The van der Waals surface area contributed by atoms with Gasteiger partial charge in [0, 0.05) is 30.4 Å². The van der Waals surface area contributed by atoms with E-state index in [9.17, 15) is 4.79 Å². The Kier molecular flexibility index (Phi) is 6.37. The van der Waals surface area contributed by atoms with Gasteiger partial charge in [-0.2, -0.15) is 5.10 Å². The second kappa shape index (κ2) is 8.95. The SMILES string of the molecule is CCn1cc(CNC(=O)c2cccc(COc3ccc(C(C)(C)C)cc3)c2)cn1. The Bertz CT molecular complexity index is 953. The van der Waals surface area contributed by atoms with Crippen molar-refractivity contribution in [2.24, 2.45) is 0 Å². The van der Waals surface area contributed by atoms with Gasteiger partial charge in [-0.1, -0.05) is 45.0 Å². The molecule has 0 aliphatic carbocycles. The van der Waals surface area contributed by atoms with Crippen LogP contribution in [0, 0.1) is 0 Å². The molecule has 1 N–H and O–H groups in total. The van der Waals surface area contributed by atoms with Crippen LogP contribution in [0.3, 0.4) is 0 Å². The van der Waals surface area contributed by atoms with E-state index < -0.39 is 0 Å². The summed E-state index contributed by atoms with van der Waals surface area (Å²) in [6.07, 6.45) is 3.72. The van der Waals surface area contributed by atoms with Gasteiger partial charge in [0.2, 0.25) is 0 Å². The van der Waals surface area contributed by atoms with Crippen molar-refractivity contribution in [1.29, 1.82) is 0 Å². The molecule has 3 aromatic rings. The van der Waals surface area contributed by atoms with Gasteiger partial charge in [-0.3, -0.25) is 9.48 Å². The molecule has 0 atom stereocenters. The molecule has 1 aromatic heterocycles. The largest absolute Gasteiger partial charge is 0.489 e. The molecule has 29 heavy (non-hydrogen) atoms. The monoisotopic (exact) mass is 391 g/mol.